The van der Waals surface area contributed by atoms with Gasteiger partial charge in [-0.15, -0.1) is 0 Å². The van der Waals surface area contributed by atoms with Crippen LogP contribution in [0.25, 0.3) is 11.0 Å². The second-order valence-corrected chi connectivity index (χ2v) is 3.20. The Labute approximate surface area is 94.4 Å². The maximum Gasteiger partial charge on any atom is 0.373 e. The molecular weight excluding hydrogens is 230 g/mol. The summed E-state index contributed by atoms with van der Waals surface area (Å²) in [6, 6.07) is 3.63. The summed E-state index contributed by atoms with van der Waals surface area (Å²) >= 11 is 0. The van der Waals surface area contributed by atoms with Crippen LogP contribution in [0, 0.1) is 10.1 Å². The van der Waals surface area contributed by atoms with Gasteiger partial charge in [-0.1, -0.05) is 0 Å². The highest BCUT2D eigenvalue weighted by molar-refractivity contribution is 5.97. The van der Waals surface area contributed by atoms with Crippen molar-refractivity contribution in [2.24, 2.45) is 0 Å². The summed E-state index contributed by atoms with van der Waals surface area (Å²) in [6.45, 7) is 0. The highest BCUT2D eigenvalue weighted by atomic mass is 16.6. The number of furan rings is 1. The number of fused-ring (bicyclic) bond motifs is 1. The van der Waals surface area contributed by atoms with Crippen LogP contribution in [0.3, 0.4) is 0 Å². The van der Waals surface area contributed by atoms with Crippen LogP contribution in [0.2, 0.25) is 0 Å². The lowest BCUT2D eigenvalue weighted by molar-refractivity contribution is -0.384. The first-order valence-corrected chi connectivity index (χ1v) is 4.53. The number of esters is 1. The van der Waals surface area contributed by atoms with Crippen LogP contribution in [0.5, 0.6) is 5.75 Å². The summed E-state index contributed by atoms with van der Waals surface area (Å²) in [5.41, 5.74) is -0.365. The number of phenolic OH excluding ortho intramolecular Hbond substituents is 1. The third-order valence-electron chi connectivity index (χ3n) is 2.22. The predicted molar refractivity (Wildman–Crippen MR) is 55.9 cm³/mol. The Hall–Kier alpha value is -2.57. The van der Waals surface area contributed by atoms with Gasteiger partial charge in [0, 0.05) is 6.07 Å². The molecule has 0 aliphatic carbocycles. The topological polar surface area (TPSA) is 103 Å². The lowest BCUT2D eigenvalue weighted by Crippen LogP contribution is -1.98. The van der Waals surface area contributed by atoms with Crippen molar-refractivity contribution in [2.75, 3.05) is 7.11 Å². The highest BCUT2D eigenvalue weighted by Crippen LogP contribution is 2.36. The second-order valence-electron chi connectivity index (χ2n) is 3.20. The van der Waals surface area contributed by atoms with Gasteiger partial charge in [0.1, 0.15) is 11.0 Å². The van der Waals surface area contributed by atoms with Gasteiger partial charge in [0.2, 0.25) is 5.76 Å². The normalized spacial score (nSPS) is 10.4. The Morgan fingerprint density at radius 2 is 2.24 bits per heavy atom. The minimum absolute atomic E-state index is 0.0513. The predicted octanol–water partition coefficient (Wildman–Crippen LogP) is 1.83. The number of aromatic hydroxyl groups is 1. The van der Waals surface area contributed by atoms with Crippen molar-refractivity contribution in [1.29, 1.82) is 0 Å². The molecule has 1 N–H and O–H groups in total. The SMILES string of the molecule is COC(=O)c1cc2c([N+](=O)[O-])c(O)ccc2o1. The monoisotopic (exact) mass is 237 g/mol. The molecule has 0 amide bonds. The molecule has 1 aromatic carbocycles. The Morgan fingerprint density at radius 3 is 2.82 bits per heavy atom. The van der Waals surface area contributed by atoms with Gasteiger partial charge in [0.15, 0.2) is 5.75 Å². The van der Waals surface area contributed by atoms with Crippen LogP contribution in [0.15, 0.2) is 22.6 Å². The fourth-order valence-electron chi connectivity index (χ4n) is 1.48. The molecule has 0 aliphatic heterocycles. The summed E-state index contributed by atoms with van der Waals surface area (Å²) in [7, 11) is 1.17. The zero-order valence-corrected chi connectivity index (χ0v) is 8.67. The molecule has 0 saturated carbocycles. The first-order chi connectivity index (χ1) is 8.04. The highest BCUT2D eigenvalue weighted by Gasteiger charge is 2.23. The number of methoxy groups -OCH3 is 1. The van der Waals surface area contributed by atoms with Gasteiger partial charge in [-0.25, -0.2) is 4.79 Å². The average molecular weight is 237 g/mol. The van der Waals surface area contributed by atoms with E-state index in [2.05, 4.69) is 4.74 Å². The quantitative estimate of drug-likeness (QED) is 0.485. The zero-order valence-electron chi connectivity index (χ0n) is 8.67. The molecule has 0 fully saturated rings. The van der Waals surface area contributed by atoms with Gasteiger partial charge in [-0.3, -0.25) is 10.1 Å². The molecule has 88 valence electrons. The number of nitro groups is 1. The maximum atomic E-state index is 11.2. The van der Waals surface area contributed by atoms with Gasteiger partial charge < -0.3 is 14.3 Å². The number of nitrogens with zero attached hydrogens (tertiary/aromatic N) is 1. The first-order valence-electron chi connectivity index (χ1n) is 4.53. The van der Waals surface area contributed by atoms with E-state index in [1.54, 1.807) is 0 Å². The maximum absolute atomic E-state index is 11.2. The van der Waals surface area contributed by atoms with Gasteiger partial charge >= 0.3 is 11.7 Å². The fraction of sp³-hybridized carbons (Fsp3) is 0.100. The lowest BCUT2D eigenvalue weighted by Gasteiger charge is -1.95. The summed E-state index contributed by atoms with van der Waals surface area (Å²) < 4.78 is 9.51. The molecule has 1 aromatic heterocycles. The van der Waals surface area contributed by atoms with E-state index in [1.807, 2.05) is 0 Å². The van der Waals surface area contributed by atoms with Crippen molar-refractivity contribution < 1.29 is 24.0 Å². The Morgan fingerprint density at radius 1 is 1.53 bits per heavy atom. The number of benzene rings is 1. The molecule has 0 aliphatic rings. The first kappa shape index (κ1) is 10.9. The number of carbonyl (C=O) groups excluding carboxylic acids is 1. The third-order valence-corrected chi connectivity index (χ3v) is 2.22. The molecule has 17 heavy (non-hydrogen) atoms. The van der Waals surface area contributed by atoms with E-state index in [4.69, 9.17) is 4.42 Å². The van der Waals surface area contributed by atoms with Crippen LogP contribution in [0.1, 0.15) is 10.6 Å². The molecule has 0 saturated heterocycles. The molecule has 2 rings (SSSR count). The van der Waals surface area contributed by atoms with Crippen LogP contribution in [-0.4, -0.2) is 23.1 Å². The van der Waals surface area contributed by atoms with Crippen molar-refractivity contribution >= 4 is 22.6 Å². The fourth-order valence-corrected chi connectivity index (χ4v) is 1.48. The summed E-state index contributed by atoms with van der Waals surface area (Å²) in [4.78, 5) is 21.2. The molecule has 0 bridgehead atoms. The van der Waals surface area contributed by atoms with Crippen molar-refractivity contribution in [3.8, 4) is 5.75 Å². The smallest absolute Gasteiger partial charge is 0.373 e. The van der Waals surface area contributed by atoms with E-state index < -0.39 is 22.3 Å². The molecule has 7 heteroatoms. The number of rotatable bonds is 2. The van der Waals surface area contributed by atoms with Crippen molar-refractivity contribution in [3.63, 3.8) is 0 Å². The largest absolute Gasteiger partial charge is 0.502 e. The molecular formula is C10H7NO6. The Bertz CT molecular complexity index is 615. The van der Waals surface area contributed by atoms with Crippen molar-refractivity contribution in [3.05, 3.63) is 34.1 Å². The molecule has 0 spiro atoms. The lowest BCUT2D eigenvalue weighted by atomic mass is 10.2. The standard InChI is InChI=1S/C10H7NO6/c1-16-10(13)8-4-5-7(17-8)3-2-6(12)9(5)11(14)15/h2-4,12H,1H3. The number of ether oxygens (including phenoxy) is 1. The molecule has 1 heterocycles. The number of hydrogen-bond donors (Lipinski definition) is 1. The van der Waals surface area contributed by atoms with Crippen molar-refractivity contribution in [2.45, 2.75) is 0 Å². The summed E-state index contributed by atoms with van der Waals surface area (Å²) in [5.74, 6) is -1.38. The van der Waals surface area contributed by atoms with E-state index in [-0.39, 0.29) is 16.7 Å². The minimum Gasteiger partial charge on any atom is -0.502 e. The van der Waals surface area contributed by atoms with Crippen molar-refractivity contribution in [1.82, 2.24) is 0 Å². The average Bonchev–Trinajstić information content (AvgIpc) is 2.70. The van der Waals surface area contributed by atoms with Crippen LogP contribution >= 0.6 is 0 Å². The second kappa shape index (κ2) is 3.78. The number of hydrogen-bond acceptors (Lipinski definition) is 6. The van der Waals surface area contributed by atoms with Crippen LogP contribution in [-0.2, 0) is 4.74 Å². The third kappa shape index (κ3) is 1.67. The minimum atomic E-state index is -0.742. The van der Waals surface area contributed by atoms with Gasteiger partial charge in [-0.05, 0) is 12.1 Å². The number of phenols is 1. The van der Waals surface area contributed by atoms with Crippen LogP contribution < -0.4 is 0 Å². The van der Waals surface area contributed by atoms with Gasteiger partial charge in [-0.2, -0.15) is 0 Å². The molecule has 7 nitrogen and oxygen atoms in total. The number of carbonyl (C=O) groups is 1. The van der Waals surface area contributed by atoms with E-state index in [0.717, 1.165) is 6.07 Å². The van der Waals surface area contributed by atoms with Gasteiger partial charge in [0.05, 0.1) is 12.0 Å². The Balaban J connectivity index is 2.73. The van der Waals surface area contributed by atoms with E-state index >= 15 is 0 Å². The molecule has 2 aromatic rings. The van der Waals surface area contributed by atoms with Crippen LogP contribution in [0.4, 0.5) is 5.69 Å². The Kier molecular flexibility index (Phi) is 2.43. The van der Waals surface area contributed by atoms with Gasteiger partial charge in [0.25, 0.3) is 0 Å². The summed E-state index contributed by atoms with van der Waals surface area (Å²) in [5, 5.41) is 20.2. The number of nitro benzene ring substituents is 1. The van der Waals surface area contributed by atoms with E-state index in [1.165, 1.54) is 19.2 Å². The summed E-state index contributed by atoms with van der Waals surface area (Å²) in [6.07, 6.45) is 0. The molecule has 0 radical (unpaired) electrons. The van der Waals surface area contributed by atoms with E-state index in [0.29, 0.717) is 0 Å². The molecule has 0 atom stereocenters. The molecule has 0 unspecified atom stereocenters. The zero-order chi connectivity index (χ0) is 12.6. The van der Waals surface area contributed by atoms with E-state index in [9.17, 15) is 20.0 Å².